The Bertz CT molecular complexity index is 281. The predicted octanol–water partition coefficient (Wildman–Crippen LogP) is 2.74. The summed E-state index contributed by atoms with van der Waals surface area (Å²) in [6.07, 6.45) is 0. The summed E-state index contributed by atoms with van der Waals surface area (Å²) < 4.78 is 0. The number of hydrogen-bond donors (Lipinski definition) is 2. The second-order valence-corrected chi connectivity index (χ2v) is 3.00. The van der Waals surface area contributed by atoms with E-state index in [0.29, 0.717) is 5.92 Å². The Hall–Kier alpha value is -1.46. The second kappa shape index (κ2) is 6.06. The van der Waals surface area contributed by atoms with Crippen LogP contribution in [0.2, 0.25) is 0 Å². The molecule has 1 aromatic rings. The van der Waals surface area contributed by atoms with E-state index in [-0.39, 0.29) is 10.6 Å². The molecule has 0 aliphatic heterocycles. The highest BCUT2D eigenvalue weighted by molar-refractivity contribution is 5.33. The molecule has 0 fully saturated rings. The van der Waals surface area contributed by atoms with Crippen molar-refractivity contribution >= 4 is 5.69 Å². The normalized spacial score (nSPS) is 9.21. The summed E-state index contributed by atoms with van der Waals surface area (Å²) in [5, 5.41) is 22.3. The van der Waals surface area contributed by atoms with E-state index in [1.54, 1.807) is 12.1 Å². The van der Waals surface area contributed by atoms with Crippen LogP contribution in [0.5, 0.6) is 0 Å². The third-order valence-electron chi connectivity index (χ3n) is 1.77. The van der Waals surface area contributed by atoms with Crippen LogP contribution in [0, 0.1) is 10.1 Å². The molecule has 0 aliphatic rings. The zero-order valence-electron chi connectivity index (χ0n) is 8.04. The highest BCUT2D eigenvalue weighted by Crippen LogP contribution is 2.17. The Balaban J connectivity index is 0.000000791. The van der Waals surface area contributed by atoms with Crippen molar-refractivity contribution in [2.45, 2.75) is 19.8 Å². The molecule has 2 N–H and O–H groups in total. The lowest BCUT2D eigenvalue weighted by Crippen LogP contribution is -1.90. The van der Waals surface area contributed by atoms with Gasteiger partial charge in [-0.3, -0.25) is 20.6 Å². The Morgan fingerprint density at radius 1 is 1.21 bits per heavy atom. The van der Waals surface area contributed by atoms with E-state index < -0.39 is 0 Å². The highest BCUT2D eigenvalue weighted by atomic mass is 17.0. The summed E-state index contributed by atoms with van der Waals surface area (Å²) in [7, 11) is 0. The van der Waals surface area contributed by atoms with Crippen molar-refractivity contribution in [2.75, 3.05) is 0 Å². The second-order valence-electron chi connectivity index (χ2n) is 3.00. The molecule has 0 unspecified atom stereocenters. The molecule has 14 heavy (non-hydrogen) atoms. The maximum absolute atomic E-state index is 10.3. The van der Waals surface area contributed by atoms with Gasteiger partial charge in [-0.2, -0.15) is 0 Å². The van der Waals surface area contributed by atoms with Gasteiger partial charge in [0.2, 0.25) is 0 Å². The molecule has 0 aliphatic carbocycles. The lowest BCUT2D eigenvalue weighted by molar-refractivity contribution is -0.384. The van der Waals surface area contributed by atoms with Gasteiger partial charge in [-0.1, -0.05) is 26.0 Å². The molecule has 0 saturated carbocycles. The molecule has 0 spiro atoms. The van der Waals surface area contributed by atoms with Crippen LogP contribution in [0.4, 0.5) is 5.69 Å². The van der Waals surface area contributed by atoms with Crippen molar-refractivity contribution in [2.24, 2.45) is 0 Å². The third-order valence-corrected chi connectivity index (χ3v) is 1.77. The number of nitrogens with zero attached hydrogens (tertiary/aromatic N) is 1. The minimum Gasteiger partial charge on any atom is -0.258 e. The molecule has 1 rings (SSSR count). The predicted molar refractivity (Wildman–Crippen MR) is 52.4 cm³/mol. The van der Waals surface area contributed by atoms with Gasteiger partial charge in [0.05, 0.1) is 4.92 Å². The molecule has 5 heteroatoms. The first kappa shape index (κ1) is 12.5. The molecule has 0 heterocycles. The third kappa shape index (κ3) is 3.51. The van der Waals surface area contributed by atoms with E-state index in [1.807, 2.05) is 0 Å². The number of hydrogen-bond acceptors (Lipinski definition) is 4. The van der Waals surface area contributed by atoms with Crippen molar-refractivity contribution in [3.63, 3.8) is 0 Å². The van der Waals surface area contributed by atoms with Crippen molar-refractivity contribution in [1.29, 1.82) is 0 Å². The van der Waals surface area contributed by atoms with Crippen LogP contribution in [0.15, 0.2) is 24.3 Å². The van der Waals surface area contributed by atoms with Crippen LogP contribution in [0.25, 0.3) is 0 Å². The first-order valence-electron chi connectivity index (χ1n) is 4.05. The SMILES string of the molecule is CC(C)c1ccc([N+](=O)[O-])cc1.OO. The Kier molecular flexibility index (Phi) is 5.43. The number of rotatable bonds is 2. The zero-order valence-corrected chi connectivity index (χ0v) is 8.04. The van der Waals surface area contributed by atoms with Crippen molar-refractivity contribution in [1.82, 2.24) is 0 Å². The molecular formula is C9H13NO4. The summed E-state index contributed by atoms with van der Waals surface area (Å²) in [5.41, 5.74) is 1.28. The molecule has 0 aromatic heterocycles. The largest absolute Gasteiger partial charge is 0.269 e. The first-order chi connectivity index (χ1) is 6.61. The van der Waals surface area contributed by atoms with Gasteiger partial charge in [0.1, 0.15) is 0 Å². The summed E-state index contributed by atoms with van der Waals surface area (Å²) in [6.45, 7) is 4.11. The van der Waals surface area contributed by atoms with Crippen LogP contribution < -0.4 is 0 Å². The van der Waals surface area contributed by atoms with Gasteiger partial charge < -0.3 is 0 Å². The number of nitro benzene ring substituents is 1. The maximum atomic E-state index is 10.3. The highest BCUT2D eigenvalue weighted by Gasteiger charge is 2.04. The fraction of sp³-hybridized carbons (Fsp3) is 0.333. The van der Waals surface area contributed by atoms with Crippen LogP contribution in [-0.4, -0.2) is 15.4 Å². The average Bonchev–Trinajstić information content (AvgIpc) is 2.21. The Labute approximate surface area is 81.7 Å². The molecule has 1 aromatic carbocycles. The molecule has 0 bridgehead atoms. The first-order valence-corrected chi connectivity index (χ1v) is 4.05. The summed E-state index contributed by atoms with van der Waals surface area (Å²) in [6, 6.07) is 6.66. The minimum atomic E-state index is -0.385. The monoisotopic (exact) mass is 199 g/mol. The van der Waals surface area contributed by atoms with Crippen molar-refractivity contribution < 1.29 is 15.4 Å². The molecule has 0 saturated heterocycles. The van der Waals surface area contributed by atoms with Crippen LogP contribution in [0.3, 0.4) is 0 Å². The van der Waals surface area contributed by atoms with Gasteiger partial charge in [0, 0.05) is 12.1 Å². The van der Waals surface area contributed by atoms with E-state index >= 15 is 0 Å². The fourth-order valence-electron chi connectivity index (χ4n) is 0.981. The van der Waals surface area contributed by atoms with Gasteiger partial charge in [-0.15, -0.1) is 0 Å². The van der Waals surface area contributed by atoms with Gasteiger partial charge in [0.25, 0.3) is 5.69 Å². The average molecular weight is 199 g/mol. The Morgan fingerprint density at radius 3 is 1.93 bits per heavy atom. The smallest absolute Gasteiger partial charge is 0.258 e. The minimum absolute atomic E-state index is 0.152. The standard InChI is InChI=1S/C9H11NO2.H2O2/c1-7(2)8-3-5-9(6-4-8)10(11)12;1-2/h3-7H,1-2H3;1-2H. The molecular weight excluding hydrogens is 186 g/mol. The lowest BCUT2D eigenvalue weighted by Gasteiger charge is -2.02. The lowest BCUT2D eigenvalue weighted by atomic mass is 10.0. The maximum Gasteiger partial charge on any atom is 0.269 e. The summed E-state index contributed by atoms with van der Waals surface area (Å²) >= 11 is 0. The quantitative estimate of drug-likeness (QED) is 0.435. The topological polar surface area (TPSA) is 83.6 Å². The van der Waals surface area contributed by atoms with Crippen molar-refractivity contribution in [3.8, 4) is 0 Å². The van der Waals surface area contributed by atoms with E-state index in [2.05, 4.69) is 13.8 Å². The molecule has 78 valence electrons. The van der Waals surface area contributed by atoms with Gasteiger partial charge in [-0.05, 0) is 11.5 Å². The number of benzene rings is 1. The van der Waals surface area contributed by atoms with Crippen molar-refractivity contribution in [3.05, 3.63) is 39.9 Å². The van der Waals surface area contributed by atoms with E-state index in [9.17, 15) is 10.1 Å². The van der Waals surface area contributed by atoms with E-state index in [0.717, 1.165) is 5.56 Å². The fourth-order valence-corrected chi connectivity index (χ4v) is 0.981. The van der Waals surface area contributed by atoms with E-state index in [4.69, 9.17) is 10.5 Å². The molecule has 5 nitrogen and oxygen atoms in total. The van der Waals surface area contributed by atoms with Crippen LogP contribution in [-0.2, 0) is 0 Å². The van der Waals surface area contributed by atoms with Crippen LogP contribution in [0.1, 0.15) is 25.3 Å². The molecule has 0 atom stereocenters. The Morgan fingerprint density at radius 2 is 1.64 bits per heavy atom. The number of non-ortho nitro benzene ring substituents is 1. The number of nitro groups is 1. The van der Waals surface area contributed by atoms with E-state index in [1.165, 1.54) is 12.1 Å². The molecule has 0 radical (unpaired) electrons. The summed E-state index contributed by atoms with van der Waals surface area (Å²) in [4.78, 5) is 9.90. The van der Waals surface area contributed by atoms with Gasteiger partial charge in [-0.25, -0.2) is 0 Å². The summed E-state index contributed by atoms with van der Waals surface area (Å²) in [5.74, 6) is 0.422. The zero-order chi connectivity index (χ0) is 11.1. The molecule has 0 amide bonds. The van der Waals surface area contributed by atoms with Gasteiger partial charge >= 0.3 is 0 Å². The van der Waals surface area contributed by atoms with Gasteiger partial charge in [0.15, 0.2) is 0 Å². The van der Waals surface area contributed by atoms with Crippen LogP contribution >= 0.6 is 0 Å².